The lowest BCUT2D eigenvalue weighted by Crippen LogP contribution is -2.06. The van der Waals surface area contributed by atoms with Crippen LogP contribution in [0.5, 0.6) is 5.75 Å². The zero-order valence-corrected chi connectivity index (χ0v) is 10.5. The van der Waals surface area contributed by atoms with Gasteiger partial charge in [0, 0.05) is 12.1 Å². The maximum Gasteiger partial charge on any atom is 0.143 e. The van der Waals surface area contributed by atoms with Gasteiger partial charge in [0.05, 0.1) is 11.8 Å². The number of para-hydroxylation sites is 1. The average molecular weight is 279 g/mol. The first-order valence-corrected chi connectivity index (χ1v) is 5.79. The maximum atomic E-state index is 9.65. The molecule has 0 aliphatic carbocycles. The SMILES string of the molecule is O/N=C/c1c(Cl)ncnc1NCc1ccccc1O. The van der Waals surface area contributed by atoms with Crippen molar-refractivity contribution in [1.29, 1.82) is 0 Å². The van der Waals surface area contributed by atoms with Gasteiger partial charge in [0.25, 0.3) is 0 Å². The molecule has 98 valence electrons. The van der Waals surface area contributed by atoms with Crippen molar-refractivity contribution in [2.45, 2.75) is 6.54 Å². The second-order valence-corrected chi connectivity index (χ2v) is 4.01. The van der Waals surface area contributed by atoms with Crippen molar-refractivity contribution in [3.8, 4) is 5.75 Å². The predicted octanol–water partition coefficient (Wildman–Crippen LogP) is 2.26. The number of aromatic nitrogens is 2. The van der Waals surface area contributed by atoms with Crippen molar-refractivity contribution in [3.05, 3.63) is 46.9 Å². The molecule has 1 heterocycles. The molecule has 0 aliphatic heterocycles. The molecule has 0 saturated carbocycles. The molecule has 0 spiro atoms. The Morgan fingerprint density at radius 3 is 2.84 bits per heavy atom. The van der Waals surface area contributed by atoms with E-state index in [4.69, 9.17) is 16.8 Å². The molecule has 0 aliphatic rings. The molecule has 3 N–H and O–H groups in total. The fourth-order valence-electron chi connectivity index (χ4n) is 1.53. The Hall–Kier alpha value is -2.34. The van der Waals surface area contributed by atoms with Gasteiger partial charge in [0.2, 0.25) is 0 Å². The number of benzene rings is 1. The van der Waals surface area contributed by atoms with Crippen LogP contribution in [0.15, 0.2) is 35.7 Å². The first-order chi connectivity index (χ1) is 9.22. The van der Waals surface area contributed by atoms with Gasteiger partial charge in [-0.15, -0.1) is 0 Å². The second-order valence-electron chi connectivity index (χ2n) is 3.65. The van der Waals surface area contributed by atoms with Crippen LogP contribution in [0, 0.1) is 0 Å². The lowest BCUT2D eigenvalue weighted by Gasteiger charge is -2.09. The molecule has 0 unspecified atom stereocenters. The Labute approximate surface area is 114 Å². The van der Waals surface area contributed by atoms with E-state index in [1.165, 1.54) is 6.33 Å². The molecule has 0 saturated heterocycles. The molecule has 2 aromatic rings. The summed E-state index contributed by atoms with van der Waals surface area (Å²) in [6.45, 7) is 0.353. The minimum atomic E-state index is 0.174. The molecular formula is C12H11ClN4O2. The summed E-state index contributed by atoms with van der Waals surface area (Å²) in [5.41, 5.74) is 1.09. The van der Waals surface area contributed by atoms with Crippen LogP contribution in [0.25, 0.3) is 0 Å². The van der Waals surface area contributed by atoms with E-state index in [9.17, 15) is 5.11 Å². The zero-order valence-electron chi connectivity index (χ0n) is 9.79. The highest BCUT2D eigenvalue weighted by molar-refractivity contribution is 6.32. The number of aromatic hydroxyl groups is 1. The van der Waals surface area contributed by atoms with E-state index in [0.29, 0.717) is 23.5 Å². The van der Waals surface area contributed by atoms with Gasteiger partial charge in [0.1, 0.15) is 23.0 Å². The van der Waals surface area contributed by atoms with E-state index in [0.717, 1.165) is 6.21 Å². The number of nitrogens with one attached hydrogen (secondary N) is 1. The average Bonchev–Trinajstić information content (AvgIpc) is 2.41. The number of rotatable bonds is 4. The first-order valence-electron chi connectivity index (χ1n) is 5.41. The van der Waals surface area contributed by atoms with Gasteiger partial charge >= 0.3 is 0 Å². The molecule has 19 heavy (non-hydrogen) atoms. The fraction of sp³-hybridized carbons (Fsp3) is 0.0833. The third-order valence-electron chi connectivity index (χ3n) is 2.46. The number of anilines is 1. The highest BCUT2D eigenvalue weighted by Crippen LogP contribution is 2.20. The topological polar surface area (TPSA) is 90.6 Å². The molecule has 1 aromatic carbocycles. The van der Waals surface area contributed by atoms with Gasteiger partial charge in [-0.05, 0) is 6.07 Å². The number of phenolic OH excluding ortho intramolecular Hbond substituents is 1. The van der Waals surface area contributed by atoms with Gasteiger partial charge < -0.3 is 15.6 Å². The molecule has 7 heteroatoms. The Bertz CT molecular complexity index is 604. The second kappa shape index (κ2) is 6.01. The van der Waals surface area contributed by atoms with Crippen LogP contribution in [0.1, 0.15) is 11.1 Å². The van der Waals surface area contributed by atoms with Gasteiger partial charge in [-0.3, -0.25) is 0 Å². The van der Waals surface area contributed by atoms with E-state index < -0.39 is 0 Å². The molecule has 1 aromatic heterocycles. The standard InChI is InChI=1S/C12H11ClN4O2/c13-11-9(6-17-19)12(16-7-15-11)14-5-8-3-1-2-4-10(8)18/h1-4,6-7,18-19H,5H2,(H,14,15,16)/b17-6+. The van der Waals surface area contributed by atoms with Crippen molar-refractivity contribution >= 4 is 23.6 Å². The Morgan fingerprint density at radius 2 is 2.11 bits per heavy atom. The van der Waals surface area contributed by atoms with Crippen LogP contribution in [0.2, 0.25) is 5.15 Å². The molecule has 0 fully saturated rings. The van der Waals surface area contributed by atoms with Crippen LogP contribution >= 0.6 is 11.6 Å². The van der Waals surface area contributed by atoms with Crippen molar-refractivity contribution < 1.29 is 10.3 Å². The van der Waals surface area contributed by atoms with Gasteiger partial charge in [-0.1, -0.05) is 35.0 Å². The molecule has 0 atom stereocenters. The number of oxime groups is 1. The monoisotopic (exact) mass is 278 g/mol. The largest absolute Gasteiger partial charge is 0.508 e. The Morgan fingerprint density at radius 1 is 1.32 bits per heavy atom. The van der Waals surface area contributed by atoms with E-state index in [-0.39, 0.29) is 10.9 Å². The van der Waals surface area contributed by atoms with Crippen molar-refractivity contribution in [1.82, 2.24) is 9.97 Å². The first kappa shape index (κ1) is 13.1. The van der Waals surface area contributed by atoms with Crippen LogP contribution in [0.3, 0.4) is 0 Å². The molecule has 0 bridgehead atoms. The quantitative estimate of drug-likeness (QED) is 0.345. The summed E-state index contributed by atoms with van der Waals surface area (Å²) in [6, 6.07) is 6.94. The zero-order chi connectivity index (χ0) is 13.7. The lowest BCUT2D eigenvalue weighted by molar-refractivity contribution is 0.322. The van der Waals surface area contributed by atoms with E-state index >= 15 is 0 Å². The van der Waals surface area contributed by atoms with E-state index in [2.05, 4.69) is 20.4 Å². The third-order valence-corrected chi connectivity index (χ3v) is 2.76. The summed E-state index contributed by atoms with van der Waals surface area (Å²) < 4.78 is 0. The van der Waals surface area contributed by atoms with E-state index in [1.54, 1.807) is 18.2 Å². The molecule has 6 nitrogen and oxygen atoms in total. The van der Waals surface area contributed by atoms with Crippen molar-refractivity contribution in [2.75, 3.05) is 5.32 Å². The molecule has 0 radical (unpaired) electrons. The van der Waals surface area contributed by atoms with Gasteiger partial charge in [-0.2, -0.15) is 0 Å². The molecule has 2 rings (SSSR count). The third kappa shape index (κ3) is 3.11. The summed E-state index contributed by atoms with van der Waals surface area (Å²) in [5.74, 6) is 0.605. The molecular weight excluding hydrogens is 268 g/mol. The van der Waals surface area contributed by atoms with Crippen molar-refractivity contribution in [3.63, 3.8) is 0 Å². The number of hydrogen-bond acceptors (Lipinski definition) is 6. The maximum absolute atomic E-state index is 9.65. The van der Waals surface area contributed by atoms with Crippen molar-refractivity contribution in [2.24, 2.45) is 5.16 Å². The minimum Gasteiger partial charge on any atom is -0.508 e. The fourth-order valence-corrected chi connectivity index (χ4v) is 1.71. The van der Waals surface area contributed by atoms with Crippen LogP contribution in [0.4, 0.5) is 5.82 Å². The van der Waals surface area contributed by atoms with Gasteiger partial charge in [-0.25, -0.2) is 9.97 Å². The number of phenols is 1. The minimum absolute atomic E-state index is 0.174. The van der Waals surface area contributed by atoms with Crippen LogP contribution in [-0.4, -0.2) is 26.5 Å². The summed E-state index contributed by atoms with van der Waals surface area (Å²) in [5, 5.41) is 24.3. The summed E-state index contributed by atoms with van der Waals surface area (Å²) >= 11 is 5.88. The molecule has 0 amide bonds. The summed E-state index contributed by atoms with van der Waals surface area (Å²) in [6.07, 6.45) is 2.44. The number of nitrogens with zero attached hydrogens (tertiary/aromatic N) is 3. The Kier molecular flexibility index (Phi) is 4.15. The van der Waals surface area contributed by atoms with Crippen LogP contribution < -0.4 is 5.32 Å². The van der Waals surface area contributed by atoms with Gasteiger partial charge in [0.15, 0.2) is 0 Å². The summed E-state index contributed by atoms with van der Waals surface area (Å²) in [7, 11) is 0. The van der Waals surface area contributed by atoms with Crippen LogP contribution in [-0.2, 0) is 6.54 Å². The normalized spacial score (nSPS) is 10.8. The number of halogens is 1. The smallest absolute Gasteiger partial charge is 0.143 e. The Balaban J connectivity index is 2.20. The highest BCUT2D eigenvalue weighted by atomic mass is 35.5. The lowest BCUT2D eigenvalue weighted by atomic mass is 10.2. The van der Waals surface area contributed by atoms with E-state index in [1.807, 2.05) is 6.07 Å². The summed E-state index contributed by atoms with van der Waals surface area (Å²) in [4.78, 5) is 7.81. The number of hydrogen-bond donors (Lipinski definition) is 3. The predicted molar refractivity (Wildman–Crippen MR) is 71.9 cm³/mol. The highest BCUT2D eigenvalue weighted by Gasteiger charge is 2.08.